The average Bonchev–Trinajstić information content (AvgIpc) is 2.80. The van der Waals surface area contributed by atoms with E-state index in [2.05, 4.69) is 4.98 Å². The van der Waals surface area contributed by atoms with E-state index in [1.54, 1.807) is 7.11 Å². The van der Waals surface area contributed by atoms with E-state index in [4.69, 9.17) is 10.5 Å². The first-order valence-corrected chi connectivity index (χ1v) is 6.58. The van der Waals surface area contributed by atoms with Crippen LogP contribution in [0, 0.1) is 0 Å². The van der Waals surface area contributed by atoms with E-state index in [0.29, 0.717) is 6.42 Å². The van der Waals surface area contributed by atoms with Crippen LogP contribution in [0.5, 0.6) is 5.75 Å². The van der Waals surface area contributed by atoms with E-state index in [1.165, 1.54) is 11.3 Å². The number of amides is 1. The zero-order chi connectivity index (χ0) is 13.3. The minimum absolute atomic E-state index is 0.337. The number of ether oxygens (including phenoxy) is 1. The summed E-state index contributed by atoms with van der Waals surface area (Å²) in [5.41, 5.74) is 5.67. The first kappa shape index (κ1) is 12.8. The largest absolute Gasteiger partial charge is 0.497 e. The van der Waals surface area contributed by atoms with Crippen LogP contribution in [0.1, 0.15) is 25.3 Å². The van der Waals surface area contributed by atoms with E-state index < -0.39 is 5.41 Å². The zero-order valence-electron chi connectivity index (χ0n) is 10.7. The van der Waals surface area contributed by atoms with Gasteiger partial charge in [-0.25, -0.2) is 4.98 Å². The first-order valence-electron chi connectivity index (χ1n) is 5.76. The third-order valence-corrected chi connectivity index (χ3v) is 4.60. The van der Waals surface area contributed by atoms with Gasteiger partial charge in [0.25, 0.3) is 0 Å². The molecule has 0 bridgehead atoms. The summed E-state index contributed by atoms with van der Waals surface area (Å²) in [5.74, 6) is 0.450. The van der Waals surface area contributed by atoms with Crippen molar-refractivity contribution in [2.45, 2.75) is 25.7 Å². The molecule has 0 spiro atoms. The van der Waals surface area contributed by atoms with Crippen LogP contribution in [0.4, 0.5) is 0 Å². The van der Waals surface area contributed by atoms with Crippen molar-refractivity contribution in [2.75, 3.05) is 7.11 Å². The molecule has 0 saturated heterocycles. The van der Waals surface area contributed by atoms with Gasteiger partial charge in [0.05, 0.1) is 22.7 Å². The second-order valence-electron chi connectivity index (χ2n) is 4.40. The van der Waals surface area contributed by atoms with Crippen LogP contribution in [-0.2, 0) is 10.2 Å². The highest BCUT2D eigenvalue weighted by molar-refractivity contribution is 7.18. The molecule has 1 heterocycles. The van der Waals surface area contributed by atoms with Crippen molar-refractivity contribution in [3.05, 3.63) is 23.2 Å². The Morgan fingerprint density at radius 1 is 1.56 bits per heavy atom. The molecule has 2 rings (SSSR count). The molecule has 2 aromatic rings. The number of nitrogens with two attached hydrogens (primary N) is 1. The standard InChI is InChI=1S/C13H16N2O2S/c1-4-13(2,11(14)16)12-15-9-6-5-8(17-3)7-10(9)18-12/h5-7H,4H2,1-3H3,(H2,14,16). The molecule has 1 aromatic carbocycles. The Morgan fingerprint density at radius 2 is 2.28 bits per heavy atom. The number of nitrogens with zero attached hydrogens (tertiary/aromatic N) is 1. The van der Waals surface area contributed by atoms with Crippen LogP contribution in [-0.4, -0.2) is 18.0 Å². The van der Waals surface area contributed by atoms with Crippen LogP contribution < -0.4 is 10.5 Å². The van der Waals surface area contributed by atoms with Gasteiger partial charge in [0.15, 0.2) is 0 Å². The number of carbonyl (C=O) groups excluding carboxylic acids is 1. The molecule has 0 aliphatic carbocycles. The molecule has 0 fully saturated rings. The van der Waals surface area contributed by atoms with Gasteiger partial charge in [0.2, 0.25) is 5.91 Å². The summed E-state index contributed by atoms with van der Waals surface area (Å²) in [6, 6.07) is 5.68. The van der Waals surface area contributed by atoms with Gasteiger partial charge in [-0.3, -0.25) is 4.79 Å². The molecule has 1 atom stereocenters. The predicted molar refractivity (Wildman–Crippen MR) is 73.0 cm³/mol. The summed E-state index contributed by atoms with van der Waals surface area (Å²) in [4.78, 5) is 16.1. The number of methoxy groups -OCH3 is 1. The van der Waals surface area contributed by atoms with E-state index in [0.717, 1.165) is 21.0 Å². The quantitative estimate of drug-likeness (QED) is 0.922. The molecular weight excluding hydrogens is 248 g/mol. The highest BCUT2D eigenvalue weighted by Crippen LogP contribution is 2.35. The SMILES string of the molecule is CCC(C)(C(N)=O)c1nc2ccc(OC)cc2s1. The molecule has 4 nitrogen and oxygen atoms in total. The lowest BCUT2D eigenvalue weighted by Gasteiger charge is -2.20. The van der Waals surface area contributed by atoms with Gasteiger partial charge in [-0.05, 0) is 31.5 Å². The predicted octanol–water partition coefficient (Wildman–Crippen LogP) is 2.46. The molecule has 18 heavy (non-hydrogen) atoms. The number of fused-ring (bicyclic) bond motifs is 1. The molecule has 96 valence electrons. The minimum Gasteiger partial charge on any atom is -0.497 e. The second kappa shape index (κ2) is 4.57. The Bertz CT molecular complexity index is 594. The number of aromatic nitrogens is 1. The molecule has 0 aliphatic heterocycles. The van der Waals surface area contributed by atoms with Gasteiger partial charge in [-0.2, -0.15) is 0 Å². The van der Waals surface area contributed by atoms with E-state index in [-0.39, 0.29) is 5.91 Å². The maximum Gasteiger partial charge on any atom is 0.230 e. The number of hydrogen-bond donors (Lipinski definition) is 1. The molecule has 1 unspecified atom stereocenters. The van der Waals surface area contributed by atoms with Crippen LogP contribution in [0.15, 0.2) is 18.2 Å². The second-order valence-corrected chi connectivity index (χ2v) is 5.43. The third-order valence-electron chi connectivity index (χ3n) is 3.32. The van der Waals surface area contributed by atoms with Crippen molar-refractivity contribution in [3.63, 3.8) is 0 Å². The van der Waals surface area contributed by atoms with Crippen molar-refractivity contribution in [1.82, 2.24) is 4.98 Å². The van der Waals surface area contributed by atoms with Crippen LogP contribution >= 0.6 is 11.3 Å². The lowest BCUT2D eigenvalue weighted by Crippen LogP contribution is -2.37. The van der Waals surface area contributed by atoms with Crippen molar-refractivity contribution in [1.29, 1.82) is 0 Å². The summed E-state index contributed by atoms with van der Waals surface area (Å²) < 4.78 is 6.18. The number of rotatable bonds is 4. The van der Waals surface area contributed by atoms with Gasteiger partial charge in [0.1, 0.15) is 10.8 Å². The van der Waals surface area contributed by atoms with E-state index in [9.17, 15) is 4.79 Å². The van der Waals surface area contributed by atoms with E-state index in [1.807, 2.05) is 32.0 Å². The van der Waals surface area contributed by atoms with Crippen molar-refractivity contribution >= 4 is 27.5 Å². The smallest absolute Gasteiger partial charge is 0.230 e. The van der Waals surface area contributed by atoms with Crippen molar-refractivity contribution < 1.29 is 9.53 Å². The fourth-order valence-electron chi connectivity index (χ4n) is 1.70. The first-order chi connectivity index (χ1) is 8.51. The highest BCUT2D eigenvalue weighted by atomic mass is 32.1. The Kier molecular flexibility index (Phi) is 3.26. The number of benzene rings is 1. The fourth-order valence-corrected chi connectivity index (χ4v) is 2.91. The number of thiazole rings is 1. The van der Waals surface area contributed by atoms with Gasteiger partial charge in [0, 0.05) is 0 Å². The Labute approximate surface area is 110 Å². The van der Waals surface area contributed by atoms with Crippen molar-refractivity contribution in [2.24, 2.45) is 5.73 Å². The fraction of sp³-hybridized carbons (Fsp3) is 0.385. The summed E-state index contributed by atoms with van der Waals surface area (Å²) in [6.07, 6.45) is 0.638. The molecule has 0 saturated carbocycles. The molecular formula is C13H16N2O2S. The Morgan fingerprint density at radius 3 is 2.83 bits per heavy atom. The Balaban J connectivity index is 2.56. The van der Waals surface area contributed by atoms with Crippen LogP contribution in [0.2, 0.25) is 0 Å². The molecule has 1 aromatic heterocycles. The minimum atomic E-state index is -0.697. The van der Waals surface area contributed by atoms with Crippen molar-refractivity contribution in [3.8, 4) is 5.75 Å². The average molecular weight is 264 g/mol. The van der Waals surface area contributed by atoms with Crippen LogP contribution in [0.3, 0.4) is 0 Å². The molecule has 0 radical (unpaired) electrons. The van der Waals surface area contributed by atoms with E-state index >= 15 is 0 Å². The number of carbonyl (C=O) groups is 1. The molecule has 2 N–H and O–H groups in total. The summed E-state index contributed by atoms with van der Waals surface area (Å²) in [5, 5.41) is 0.765. The van der Waals surface area contributed by atoms with Gasteiger partial charge in [-0.15, -0.1) is 11.3 Å². The van der Waals surface area contributed by atoms with Gasteiger partial charge >= 0.3 is 0 Å². The summed E-state index contributed by atoms with van der Waals surface area (Å²) in [6.45, 7) is 3.78. The monoisotopic (exact) mass is 264 g/mol. The highest BCUT2D eigenvalue weighted by Gasteiger charge is 2.34. The maximum atomic E-state index is 11.6. The maximum absolute atomic E-state index is 11.6. The summed E-state index contributed by atoms with van der Waals surface area (Å²) >= 11 is 1.49. The third kappa shape index (κ3) is 1.95. The molecule has 1 amide bonds. The number of primary amides is 1. The molecule has 0 aliphatic rings. The Hall–Kier alpha value is -1.62. The number of hydrogen-bond acceptors (Lipinski definition) is 4. The van der Waals surface area contributed by atoms with Crippen LogP contribution in [0.25, 0.3) is 10.2 Å². The van der Waals surface area contributed by atoms with Gasteiger partial charge in [-0.1, -0.05) is 6.92 Å². The normalized spacial score (nSPS) is 14.4. The topological polar surface area (TPSA) is 65.2 Å². The zero-order valence-corrected chi connectivity index (χ0v) is 11.5. The lowest BCUT2D eigenvalue weighted by molar-refractivity contribution is -0.123. The lowest BCUT2D eigenvalue weighted by atomic mass is 9.88. The molecule has 5 heteroatoms. The summed E-state index contributed by atoms with van der Waals surface area (Å²) in [7, 11) is 1.63. The van der Waals surface area contributed by atoms with Gasteiger partial charge < -0.3 is 10.5 Å².